The summed E-state index contributed by atoms with van der Waals surface area (Å²) >= 11 is 0. The summed E-state index contributed by atoms with van der Waals surface area (Å²) in [5.74, 6) is 0. The molecule has 114 valence electrons. The molecule has 0 atom stereocenters. The van der Waals surface area contributed by atoms with Crippen LogP contribution in [0.4, 0.5) is 4.79 Å². The molecule has 2 amide bonds. The maximum atomic E-state index is 11.8. The SMILES string of the molecule is CCc1nn(C)c(CC)c1CNC(=O)NCc1ccon1. The van der Waals surface area contributed by atoms with E-state index < -0.39 is 0 Å². The van der Waals surface area contributed by atoms with Crippen LogP contribution in [0.1, 0.15) is 36.5 Å². The zero-order valence-corrected chi connectivity index (χ0v) is 12.6. The molecule has 7 nitrogen and oxygen atoms in total. The molecular formula is C14H21N5O2. The van der Waals surface area contributed by atoms with Gasteiger partial charge in [0.25, 0.3) is 0 Å². The Hall–Kier alpha value is -2.31. The van der Waals surface area contributed by atoms with Crippen molar-refractivity contribution in [2.24, 2.45) is 7.05 Å². The Labute approximate surface area is 123 Å². The van der Waals surface area contributed by atoms with Gasteiger partial charge in [0.05, 0.1) is 12.2 Å². The largest absolute Gasteiger partial charge is 0.364 e. The van der Waals surface area contributed by atoms with E-state index in [0.29, 0.717) is 18.8 Å². The molecule has 7 heteroatoms. The van der Waals surface area contributed by atoms with E-state index in [1.54, 1.807) is 6.07 Å². The Bertz CT molecular complexity index is 589. The van der Waals surface area contributed by atoms with Gasteiger partial charge in [0, 0.05) is 30.9 Å². The molecule has 0 aliphatic carbocycles. The zero-order chi connectivity index (χ0) is 15.2. The van der Waals surface area contributed by atoms with Gasteiger partial charge in [-0.3, -0.25) is 4.68 Å². The molecule has 0 saturated carbocycles. The molecule has 2 aromatic heterocycles. The highest BCUT2D eigenvalue weighted by molar-refractivity contribution is 5.73. The Balaban J connectivity index is 1.91. The second kappa shape index (κ2) is 6.92. The fraction of sp³-hybridized carbons (Fsp3) is 0.500. The van der Waals surface area contributed by atoms with E-state index in [1.807, 2.05) is 11.7 Å². The molecular weight excluding hydrogens is 270 g/mol. The Kier molecular flexibility index (Phi) is 4.97. The van der Waals surface area contributed by atoms with E-state index in [1.165, 1.54) is 6.26 Å². The minimum absolute atomic E-state index is 0.231. The van der Waals surface area contributed by atoms with E-state index >= 15 is 0 Å². The molecule has 2 heterocycles. The van der Waals surface area contributed by atoms with Gasteiger partial charge in [0.1, 0.15) is 12.0 Å². The van der Waals surface area contributed by atoms with Crippen molar-refractivity contribution in [2.45, 2.75) is 39.8 Å². The molecule has 21 heavy (non-hydrogen) atoms. The van der Waals surface area contributed by atoms with Crippen LogP contribution >= 0.6 is 0 Å². The lowest BCUT2D eigenvalue weighted by Crippen LogP contribution is -2.35. The van der Waals surface area contributed by atoms with E-state index in [-0.39, 0.29) is 6.03 Å². The first-order valence-corrected chi connectivity index (χ1v) is 7.10. The normalized spacial score (nSPS) is 10.6. The van der Waals surface area contributed by atoms with Crippen molar-refractivity contribution >= 4 is 6.03 Å². The number of carbonyl (C=O) groups excluding carboxylic acids is 1. The molecule has 0 unspecified atom stereocenters. The van der Waals surface area contributed by atoms with Gasteiger partial charge in [-0.25, -0.2) is 4.79 Å². The summed E-state index contributed by atoms with van der Waals surface area (Å²) < 4.78 is 6.60. The van der Waals surface area contributed by atoms with Crippen molar-refractivity contribution in [1.29, 1.82) is 0 Å². The maximum absolute atomic E-state index is 11.8. The van der Waals surface area contributed by atoms with Crippen LogP contribution in [0.15, 0.2) is 16.9 Å². The minimum atomic E-state index is -0.231. The highest BCUT2D eigenvalue weighted by Gasteiger charge is 2.14. The van der Waals surface area contributed by atoms with E-state index in [4.69, 9.17) is 4.52 Å². The third-order valence-corrected chi connectivity index (χ3v) is 3.37. The number of nitrogens with zero attached hydrogens (tertiary/aromatic N) is 3. The van der Waals surface area contributed by atoms with Crippen molar-refractivity contribution in [3.8, 4) is 0 Å². The summed E-state index contributed by atoms with van der Waals surface area (Å²) in [6.07, 6.45) is 3.22. The Morgan fingerprint density at radius 3 is 2.67 bits per heavy atom. The number of hydrogen-bond acceptors (Lipinski definition) is 4. The first-order valence-electron chi connectivity index (χ1n) is 7.10. The molecule has 0 aliphatic heterocycles. The molecule has 0 bridgehead atoms. The average molecular weight is 291 g/mol. The number of rotatable bonds is 6. The molecule has 0 radical (unpaired) electrons. The number of nitrogens with one attached hydrogen (secondary N) is 2. The summed E-state index contributed by atoms with van der Waals surface area (Å²) in [4.78, 5) is 11.8. The number of aryl methyl sites for hydroxylation is 2. The van der Waals surface area contributed by atoms with Crippen molar-refractivity contribution < 1.29 is 9.32 Å². The molecule has 0 aromatic carbocycles. The molecule has 2 N–H and O–H groups in total. The van der Waals surface area contributed by atoms with Gasteiger partial charge in [-0.05, 0) is 12.8 Å². The van der Waals surface area contributed by atoms with Gasteiger partial charge in [-0.15, -0.1) is 0 Å². The standard InChI is InChI=1S/C14H21N5O2/c1-4-12-11(13(5-2)19(3)17-12)9-16-14(20)15-8-10-6-7-21-18-10/h6-7H,4-5,8-9H2,1-3H3,(H2,15,16,20). The molecule has 2 aromatic rings. The molecule has 0 fully saturated rings. The van der Waals surface area contributed by atoms with Gasteiger partial charge >= 0.3 is 6.03 Å². The molecule has 0 aliphatic rings. The second-order valence-corrected chi connectivity index (χ2v) is 4.73. The third-order valence-electron chi connectivity index (χ3n) is 3.37. The summed E-state index contributed by atoms with van der Waals surface area (Å²) in [7, 11) is 1.94. The van der Waals surface area contributed by atoms with Crippen LogP contribution in [-0.4, -0.2) is 21.0 Å². The predicted octanol–water partition coefficient (Wildman–Crippen LogP) is 1.53. The van der Waals surface area contributed by atoms with Gasteiger partial charge in [-0.2, -0.15) is 5.10 Å². The third kappa shape index (κ3) is 3.62. The summed E-state index contributed by atoms with van der Waals surface area (Å²) in [5, 5.41) is 13.8. The summed E-state index contributed by atoms with van der Waals surface area (Å²) in [5.41, 5.74) is 3.99. The lowest BCUT2D eigenvalue weighted by molar-refractivity contribution is 0.239. The molecule has 0 spiro atoms. The highest BCUT2D eigenvalue weighted by atomic mass is 16.5. The smallest absolute Gasteiger partial charge is 0.315 e. The van der Waals surface area contributed by atoms with Crippen LogP contribution in [0.5, 0.6) is 0 Å². The van der Waals surface area contributed by atoms with Crippen molar-refractivity contribution in [3.05, 3.63) is 35.0 Å². The topological polar surface area (TPSA) is 85.0 Å². The summed E-state index contributed by atoms with van der Waals surface area (Å²) in [6, 6.07) is 1.48. The monoisotopic (exact) mass is 291 g/mol. The minimum Gasteiger partial charge on any atom is -0.364 e. The van der Waals surface area contributed by atoms with E-state index in [2.05, 4.69) is 34.7 Å². The lowest BCUT2D eigenvalue weighted by Gasteiger charge is -2.08. The summed E-state index contributed by atoms with van der Waals surface area (Å²) in [6.45, 7) is 4.97. The van der Waals surface area contributed by atoms with Crippen LogP contribution in [0.3, 0.4) is 0 Å². The van der Waals surface area contributed by atoms with Crippen molar-refractivity contribution in [3.63, 3.8) is 0 Å². The number of aromatic nitrogens is 3. The van der Waals surface area contributed by atoms with Crippen LogP contribution in [0.25, 0.3) is 0 Å². The Morgan fingerprint density at radius 1 is 1.29 bits per heavy atom. The highest BCUT2D eigenvalue weighted by Crippen LogP contribution is 2.15. The van der Waals surface area contributed by atoms with Crippen LogP contribution in [-0.2, 0) is 33.0 Å². The fourth-order valence-electron chi connectivity index (χ4n) is 2.32. The fourth-order valence-corrected chi connectivity index (χ4v) is 2.32. The molecule has 2 rings (SSSR count). The number of carbonyl (C=O) groups is 1. The lowest BCUT2D eigenvalue weighted by atomic mass is 10.1. The van der Waals surface area contributed by atoms with Crippen molar-refractivity contribution in [2.75, 3.05) is 0 Å². The van der Waals surface area contributed by atoms with Crippen LogP contribution in [0, 0.1) is 0 Å². The van der Waals surface area contributed by atoms with Crippen LogP contribution in [0.2, 0.25) is 0 Å². The Morgan fingerprint density at radius 2 is 2.05 bits per heavy atom. The first kappa shape index (κ1) is 15.1. The number of amides is 2. The quantitative estimate of drug-likeness (QED) is 0.845. The van der Waals surface area contributed by atoms with E-state index in [0.717, 1.165) is 29.8 Å². The van der Waals surface area contributed by atoms with Gasteiger partial charge in [-0.1, -0.05) is 19.0 Å². The maximum Gasteiger partial charge on any atom is 0.315 e. The number of hydrogen-bond donors (Lipinski definition) is 2. The van der Waals surface area contributed by atoms with Gasteiger partial charge < -0.3 is 15.2 Å². The number of urea groups is 1. The zero-order valence-electron chi connectivity index (χ0n) is 12.6. The van der Waals surface area contributed by atoms with Crippen LogP contribution < -0.4 is 10.6 Å². The predicted molar refractivity (Wildman–Crippen MR) is 77.5 cm³/mol. The first-order chi connectivity index (χ1) is 10.2. The average Bonchev–Trinajstić information content (AvgIpc) is 3.09. The van der Waals surface area contributed by atoms with Gasteiger partial charge in [0.2, 0.25) is 0 Å². The molecule has 0 saturated heterocycles. The van der Waals surface area contributed by atoms with Crippen molar-refractivity contribution in [1.82, 2.24) is 25.6 Å². The van der Waals surface area contributed by atoms with Gasteiger partial charge in [0.15, 0.2) is 0 Å². The second-order valence-electron chi connectivity index (χ2n) is 4.73. The van der Waals surface area contributed by atoms with E-state index in [9.17, 15) is 4.79 Å².